The van der Waals surface area contributed by atoms with Crippen molar-refractivity contribution in [3.8, 4) is 22.4 Å². The summed E-state index contributed by atoms with van der Waals surface area (Å²) >= 11 is 2.95. The number of carbonyl (C=O) groups is 2. The zero-order chi connectivity index (χ0) is 23.8. The number of thiazole rings is 1. The molecule has 2 heterocycles. The van der Waals surface area contributed by atoms with Gasteiger partial charge in [0.15, 0.2) is 5.13 Å². The Bertz CT molecular complexity index is 1080. The first-order valence-electron chi connectivity index (χ1n) is 10.5. The molecule has 1 unspecified atom stereocenters. The van der Waals surface area contributed by atoms with Gasteiger partial charge >= 0.3 is 6.09 Å². The second kappa shape index (κ2) is 11.3. The lowest BCUT2D eigenvalue weighted by molar-refractivity contribution is -0.118. The zero-order valence-corrected chi connectivity index (χ0v) is 20.8. The van der Waals surface area contributed by atoms with Crippen LogP contribution in [-0.2, 0) is 9.53 Å². The Morgan fingerprint density at radius 1 is 1.12 bits per heavy atom. The van der Waals surface area contributed by atoms with E-state index in [0.717, 1.165) is 28.1 Å². The minimum Gasteiger partial charge on any atom is -0.444 e. The van der Waals surface area contributed by atoms with Crippen molar-refractivity contribution in [1.29, 1.82) is 0 Å². The van der Waals surface area contributed by atoms with Gasteiger partial charge in [-0.3, -0.25) is 9.78 Å². The van der Waals surface area contributed by atoms with Gasteiger partial charge in [0.1, 0.15) is 11.6 Å². The molecule has 2 aromatic heterocycles. The highest BCUT2D eigenvalue weighted by molar-refractivity contribution is 7.98. The maximum absolute atomic E-state index is 12.9. The van der Waals surface area contributed by atoms with Gasteiger partial charge in [0.05, 0.1) is 5.69 Å². The van der Waals surface area contributed by atoms with Crippen LogP contribution in [0.5, 0.6) is 0 Å². The van der Waals surface area contributed by atoms with Crippen molar-refractivity contribution in [3.05, 3.63) is 54.2 Å². The first-order valence-corrected chi connectivity index (χ1v) is 12.8. The van der Waals surface area contributed by atoms with E-state index in [1.165, 1.54) is 11.3 Å². The number of pyridine rings is 1. The summed E-state index contributed by atoms with van der Waals surface area (Å²) in [5, 5.41) is 7.89. The molecule has 33 heavy (non-hydrogen) atoms. The predicted molar refractivity (Wildman–Crippen MR) is 136 cm³/mol. The monoisotopic (exact) mass is 484 g/mol. The van der Waals surface area contributed by atoms with E-state index in [0.29, 0.717) is 11.6 Å². The van der Waals surface area contributed by atoms with Crippen LogP contribution < -0.4 is 10.6 Å². The van der Waals surface area contributed by atoms with Crippen LogP contribution in [0.2, 0.25) is 0 Å². The predicted octanol–water partition coefficient (Wildman–Crippen LogP) is 5.46. The molecule has 0 bridgehead atoms. The van der Waals surface area contributed by atoms with Gasteiger partial charge in [-0.25, -0.2) is 9.78 Å². The van der Waals surface area contributed by atoms with Crippen molar-refractivity contribution in [2.24, 2.45) is 0 Å². The Labute approximate surface area is 202 Å². The molecule has 9 heteroatoms. The molecule has 174 valence electrons. The van der Waals surface area contributed by atoms with E-state index in [1.807, 2.05) is 42.0 Å². The molecule has 2 amide bonds. The molecular weight excluding hydrogens is 456 g/mol. The first-order chi connectivity index (χ1) is 15.7. The Morgan fingerprint density at radius 3 is 2.55 bits per heavy atom. The molecule has 0 fully saturated rings. The molecule has 0 spiro atoms. The van der Waals surface area contributed by atoms with Gasteiger partial charge in [-0.15, -0.1) is 11.3 Å². The van der Waals surface area contributed by atoms with Crippen LogP contribution in [0, 0.1) is 0 Å². The van der Waals surface area contributed by atoms with E-state index in [9.17, 15) is 9.59 Å². The van der Waals surface area contributed by atoms with Crippen LogP contribution in [0.15, 0.2) is 54.2 Å². The molecule has 3 rings (SSSR count). The highest BCUT2D eigenvalue weighted by Gasteiger charge is 2.25. The molecule has 0 saturated heterocycles. The van der Waals surface area contributed by atoms with Crippen LogP contribution in [0.1, 0.15) is 27.2 Å². The van der Waals surface area contributed by atoms with Crippen LogP contribution >= 0.6 is 23.1 Å². The van der Waals surface area contributed by atoms with E-state index >= 15 is 0 Å². The molecule has 2 N–H and O–H groups in total. The van der Waals surface area contributed by atoms with Gasteiger partial charge in [0.25, 0.3) is 0 Å². The first kappa shape index (κ1) is 24.7. The minimum atomic E-state index is -0.713. The maximum atomic E-state index is 12.9. The van der Waals surface area contributed by atoms with Crippen molar-refractivity contribution >= 4 is 40.2 Å². The molecule has 0 aliphatic heterocycles. The lowest BCUT2D eigenvalue weighted by Crippen LogP contribution is -2.46. The van der Waals surface area contributed by atoms with Gasteiger partial charge in [-0.05, 0) is 68.5 Å². The van der Waals surface area contributed by atoms with Crippen molar-refractivity contribution < 1.29 is 14.3 Å². The van der Waals surface area contributed by atoms with Crippen LogP contribution in [0.25, 0.3) is 22.4 Å². The summed E-state index contributed by atoms with van der Waals surface area (Å²) < 4.78 is 5.30. The maximum Gasteiger partial charge on any atom is 0.408 e. The van der Waals surface area contributed by atoms with Crippen LogP contribution in [0.4, 0.5) is 9.93 Å². The van der Waals surface area contributed by atoms with E-state index < -0.39 is 17.7 Å². The number of thioether (sulfide) groups is 1. The summed E-state index contributed by atoms with van der Waals surface area (Å²) in [6.45, 7) is 5.35. The third-order valence-corrected chi connectivity index (χ3v) is 5.93. The normalized spacial score (nSPS) is 12.1. The topological polar surface area (TPSA) is 93.2 Å². The van der Waals surface area contributed by atoms with Crippen LogP contribution in [-0.4, -0.2) is 45.6 Å². The Morgan fingerprint density at radius 2 is 1.85 bits per heavy atom. The minimum absolute atomic E-state index is 0.318. The zero-order valence-electron chi connectivity index (χ0n) is 19.1. The number of hydrogen-bond donors (Lipinski definition) is 2. The SMILES string of the molecule is CSCCC(NC(=O)OC(C)(C)C)C(=O)Nc1nc(-c2cccc(-c3ccncc3)c2)cs1. The lowest BCUT2D eigenvalue weighted by Gasteiger charge is -2.23. The Balaban J connectivity index is 1.70. The number of amides is 2. The highest BCUT2D eigenvalue weighted by Crippen LogP contribution is 2.28. The third-order valence-electron chi connectivity index (χ3n) is 4.52. The fraction of sp³-hybridized carbons (Fsp3) is 0.333. The number of benzene rings is 1. The average Bonchev–Trinajstić information content (AvgIpc) is 3.24. The van der Waals surface area contributed by atoms with E-state index in [4.69, 9.17) is 4.74 Å². The number of carbonyl (C=O) groups excluding carboxylic acids is 2. The summed E-state index contributed by atoms with van der Waals surface area (Å²) in [6.07, 6.45) is 5.35. The molecular formula is C24H28N4O3S2. The second-order valence-electron chi connectivity index (χ2n) is 8.32. The van der Waals surface area contributed by atoms with Gasteiger partial charge in [0, 0.05) is 23.3 Å². The van der Waals surface area contributed by atoms with E-state index in [1.54, 1.807) is 44.9 Å². The number of hydrogen-bond acceptors (Lipinski definition) is 7. The average molecular weight is 485 g/mol. The lowest BCUT2D eigenvalue weighted by atomic mass is 10.0. The molecule has 1 aromatic carbocycles. The van der Waals surface area contributed by atoms with Gasteiger partial charge < -0.3 is 15.4 Å². The van der Waals surface area contributed by atoms with Gasteiger partial charge in [-0.1, -0.05) is 18.2 Å². The summed E-state index contributed by atoms with van der Waals surface area (Å²) in [7, 11) is 0. The Hall–Kier alpha value is -2.91. The summed E-state index contributed by atoms with van der Waals surface area (Å²) in [6, 6.07) is 11.3. The van der Waals surface area contributed by atoms with Gasteiger partial charge in [0.2, 0.25) is 5.91 Å². The number of nitrogens with one attached hydrogen (secondary N) is 2. The fourth-order valence-electron chi connectivity index (χ4n) is 3.01. The number of alkyl carbamates (subject to hydrolysis) is 1. The number of anilines is 1. The Kier molecular flexibility index (Phi) is 8.46. The summed E-state index contributed by atoms with van der Waals surface area (Å²) in [4.78, 5) is 33.7. The fourth-order valence-corrected chi connectivity index (χ4v) is 4.21. The summed E-state index contributed by atoms with van der Waals surface area (Å²) in [5.74, 6) is 0.403. The number of rotatable bonds is 8. The molecule has 0 aliphatic carbocycles. The van der Waals surface area contributed by atoms with E-state index in [-0.39, 0.29) is 5.91 Å². The molecule has 0 radical (unpaired) electrons. The second-order valence-corrected chi connectivity index (χ2v) is 10.2. The number of ether oxygens (including phenoxy) is 1. The van der Waals surface area contributed by atoms with Crippen LogP contribution in [0.3, 0.4) is 0 Å². The molecule has 0 saturated carbocycles. The molecule has 1 atom stereocenters. The third kappa shape index (κ3) is 7.57. The number of aromatic nitrogens is 2. The van der Waals surface area contributed by atoms with Crippen molar-refractivity contribution in [3.63, 3.8) is 0 Å². The van der Waals surface area contributed by atoms with E-state index in [2.05, 4.69) is 26.7 Å². The quantitative estimate of drug-likeness (QED) is 0.441. The molecule has 3 aromatic rings. The van der Waals surface area contributed by atoms with Crippen molar-refractivity contribution in [1.82, 2.24) is 15.3 Å². The largest absolute Gasteiger partial charge is 0.444 e. The molecule has 0 aliphatic rings. The standard InChI is InChI=1S/C24H28N4O3S2/c1-24(2,3)31-23(30)27-19(10-13-32-4)21(29)28-22-26-20(15-33-22)18-7-5-6-17(14-18)16-8-11-25-12-9-16/h5-9,11-12,14-15,19H,10,13H2,1-4H3,(H,27,30)(H,26,28,29). The number of nitrogens with zero attached hydrogens (tertiary/aromatic N) is 2. The van der Waals surface area contributed by atoms with Gasteiger partial charge in [-0.2, -0.15) is 11.8 Å². The highest BCUT2D eigenvalue weighted by atomic mass is 32.2. The smallest absolute Gasteiger partial charge is 0.408 e. The summed E-state index contributed by atoms with van der Waals surface area (Å²) in [5.41, 5.74) is 3.21. The van der Waals surface area contributed by atoms with Crippen molar-refractivity contribution in [2.45, 2.75) is 38.8 Å². The van der Waals surface area contributed by atoms with Crippen molar-refractivity contribution in [2.75, 3.05) is 17.3 Å². The molecule has 7 nitrogen and oxygen atoms in total.